The van der Waals surface area contributed by atoms with Gasteiger partial charge in [0, 0.05) is 26.2 Å². The molecule has 1 N–H and O–H groups in total. The van der Waals surface area contributed by atoms with Crippen LogP contribution in [-0.2, 0) is 4.79 Å². The van der Waals surface area contributed by atoms with Gasteiger partial charge in [-0.05, 0) is 26.1 Å². The Morgan fingerprint density at radius 3 is 2.40 bits per heavy atom. The zero-order valence-corrected chi connectivity index (χ0v) is 14.6. The summed E-state index contributed by atoms with van der Waals surface area (Å²) < 4.78 is 5.61. The number of ether oxygens (including phenoxy) is 1. The predicted molar refractivity (Wildman–Crippen MR) is 96.9 cm³/mol. The maximum atomic E-state index is 12.2. The fourth-order valence-corrected chi connectivity index (χ4v) is 2.56. The Bertz CT molecular complexity index is 684. The van der Waals surface area contributed by atoms with Gasteiger partial charge in [0.15, 0.2) is 6.10 Å². The van der Waals surface area contributed by atoms with E-state index in [1.807, 2.05) is 30.3 Å². The number of hydrogen-bond acceptors (Lipinski definition) is 6. The summed E-state index contributed by atoms with van der Waals surface area (Å²) in [5.74, 6) is 1.12. The van der Waals surface area contributed by atoms with Gasteiger partial charge in [0.25, 0.3) is 5.91 Å². The summed E-state index contributed by atoms with van der Waals surface area (Å²) >= 11 is 0. The van der Waals surface area contributed by atoms with Gasteiger partial charge in [-0.1, -0.05) is 18.2 Å². The Hall–Kier alpha value is -2.67. The third kappa shape index (κ3) is 4.67. The van der Waals surface area contributed by atoms with E-state index < -0.39 is 6.10 Å². The zero-order chi connectivity index (χ0) is 17.6. The first-order chi connectivity index (χ1) is 12.1. The number of carbonyl (C=O) groups excluding carboxylic acids is 1. The van der Waals surface area contributed by atoms with E-state index in [0.717, 1.165) is 26.2 Å². The van der Waals surface area contributed by atoms with Gasteiger partial charge in [0.2, 0.25) is 5.95 Å². The molecule has 1 unspecified atom stereocenters. The third-order valence-corrected chi connectivity index (χ3v) is 4.12. The summed E-state index contributed by atoms with van der Waals surface area (Å²) in [6.07, 6.45) is 2.65. The molecule has 1 atom stereocenters. The monoisotopic (exact) mass is 341 g/mol. The van der Waals surface area contributed by atoms with E-state index in [9.17, 15) is 4.79 Å². The van der Waals surface area contributed by atoms with Crippen LogP contribution in [0.15, 0.2) is 42.7 Å². The van der Waals surface area contributed by atoms with Crippen LogP contribution in [0.4, 0.5) is 11.6 Å². The number of nitrogens with one attached hydrogen (secondary N) is 1. The van der Waals surface area contributed by atoms with Gasteiger partial charge in [-0.15, -0.1) is 0 Å². The Labute approximate surface area is 147 Å². The molecular weight excluding hydrogens is 318 g/mol. The van der Waals surface area contributed by atoms with E-state index in [2.05, 4.69) is 32.1 Å². The summed E-state index contributed by atoms with van der Waals surface area (Å²) in [5, 5.41) is 2.78. The molecule has 1 aliphatic rings. The van der Waals surface area contributed by atoms with Crippen LogP contribution in [0.3, 0.4) is 0 Å². The van der Waals surface area contributed by atoms with Gasteiger partial charge in [-0.2, -0.15) is 0 Å². The molecule has 2 heterocycles. The molecule has 1 aromatic carbocycles. The van der Waals surface area contributed by atoms with Gasteiger partial charge in [0.1, 0.15) is 5.75 Å². The molecular formula is C18H23N5O2. The first-order valence-electron chi connectivity index (χ1n) is 8.40. The number of nitrogens with zero attached hydrogens (tertiary/aromatic N) is 4. The van der Waals surface area contributed by atoms with E-state index in [1.165, 1.54) is 0 Å². The highest BCUT2D eigenvalue weighted by molar-refractivity contribution is 5.93. The van der Waals surface area contributed by atoms with Gasteiger partial charge in [-0.25, -0.2) is 9.97 Å². The summed E-state index contributed by atoms with van der Waals surface area (Å²) in [6.45, 7) is 5.52. The first-order valence-corrected chi connectivity index (χ1v) is 8.40. The molecule has 2 aromatic rings. The number of piperazine rings is 1. The lowest BCUT2D eigenvalue weighted by atomic mass is 10.3. The molecule has 1 amide bonds. The molecule has 3 rings (SSSR count). The Morgan fingerprint density at radius 2 is 1.76 bits per heavy atom. The zero-order valence-electron chi connectivity index (χ0n) is 14.6. The highest BCUT2D eigenvalue weighted by Crippen LogP contribution is 2.14. The van der Waals surface area contributed by atoms with Crippen LogP contribution in [0.25, 0.3) is 0 Å². The normalized spacial score (nSPS) is 16.3. The number of likely N-dealkylation sites (N-methyl/N-ethyl adjacent to an activating group) is 1. The molecule has 1 aromatic heterocycles. The molecule has 25 heavy (non-hydrogen) atoms. The Morgan fingerprint density at radius 1 is 1.12 bits per heavy atom. The minimum absolute atomic E-state index is 0.236. The van der Waals surface area contributed by atoms with Crippen molar-refractivity contribution in [1.82, 2.24) is 14.9 Å². The van der Waals surface area contributed by atoms with Crippen LogP contribution >= 0.6 is 0 Å². The number of rotatable bonds is 5. The van der Waals surface area contributed by atoms with Crippen LogP contribution in [0.5, 0.6) is 5.75 Å². The van der Waals surface area contributed by atoms with Gasteiger partial charge < -0.3 is 19.9 Å². The van der Waals surface area contributed by atoms with Crippen LogP contribution < -0.4 is 15.0 Å². The average Bonchev–Trinajstić information content (AvgIpc) is 2.64. The fourth-order valence-electron chi connectivity index (χ4n) is 2.56. The second-order valence-electron chi connectivity index (χ2n) is 6.12. The van der Waals surface area contributed by atoms with Crippen molar-refractivity contribution in [2.75, 3.05) is 43.4 Å². The van der Waals surface area contributed by atoms with Gasteiger partial charge in [0.05, 0.1) is 18.1 Å². The SMILES string of the molecule is CC(Oc1ccccc1)C(=O)Nc1cnc(N2CCN(C)CC2)nc1. The molecule has 0 bridgehead atoms. The van der Waals surface area contributed by atoms with Crippen molar-refractivity contribution < 1.29 is 9.53 Å². The van der Waals surface area contributed by atoms with Crippen molar-refractivity contribution in [3.05, 3.63) is 42.7 Å². The molecule has 7 heteroatoms. The number of benzene rings is 1. The van der Waals surface area contributed by atoms with Crippen LogP contribution in [0.2, 0.25) is 0 Å². The minimum Gasteiger partial charge on any atom is -0.481 e. The fraction of sp³-hybridized carbons (Fsp3) is 0.389. The number of hydrogen-bond donors (Lipinski definition) is 1. The van der Waals surface area contributed by atoms with Crippen molar-refractivity contribution in [3.63, 3.8) is 0 Å². The van der Waals surface area contributed by atoms with E-state index >= 15 is 0 Å². The second-order valence-corrected chi connectivity index (χ2v) is 6.12. The highest BCUT2D eigenvalue weighted by Gasteiger charge is 2.18. The Kier molecular flexibility index (Phi) is 5.45. The molecule has 0 saturated carbocycles. The molecule has 0 spiro atoms. The minimum atomic E-state index is -0.611. The van der Waals surface area contributed by atoms with Crippen molar-refractivity contribution in [3.8, 4) is 5.75 Å². The smallest absolute Gasteiger partial charge is 0.265 e. The van der Waals surface area contributed by atoms with Gasteiger partial charge in [-0.3, -0.25) is 4.79 Å². The van der Waals surface area contributed by atoms with E-state index in [0.29, 0.717) is 17.4 Å². The summed E-state index contributed by atoms with van der Waals surface area (Å²) in [6, 6.07) is 9.27. The number of aromatic nitrogens is 2. The molecule has 1 fully saturated rings. The van der Waals surface area contributed by atoms with Crippen LogP contribution in [-0.4, -0.2) is 60.1 Å². The molecule has 1 saturated heterocycles. The quantitative estimate of drug-likeness (QED) is 0.891. The molecule has 0 radical (unpaired) electrons. The molecule has 132 valence electrons. The topological polar surface area (TPSA) is 70.6 Å². The lowest BCUT2D eigenvalue weighted by Crippen LogP contribution is -2.45. The van der Waals surface area contributed by atoms with Crippen LogP contribution in [0, 0.1) is 0 Å². The number of anilines is 2. The van der Waals surface area contributed by atoms with Gasteiger partial charge >= 0.3 is 0 Å². The lowest BCUT2D eigenvalue weighted by Gasteiger charge is -2.32. The van der Waals surface area contributed by atoms with Crippen LogP contribution in [0.1, 0.15) is 6.92 Å². The van der Waals surface area contributed by atoms with E-state index in [1.54, 1.807) is 19.3 Å². The molecule has 7 nitrogen and oxygen atoms in total. The Balaban J connectivity index is 1.54. The van der Waals surface area contributed by atoms with Crippen molar-refractivity contribution >= 4 is 17.5 Å². The number of amides is 1. The summed E-state index contributed by atoms with van der Waals surface area (Å²) in [5.41, 5.74) is 0.561. The molecule has 1 aliphatic heterocycles. The maximum Gasteiger partial charge on any atom is 0.265 e. The number of para-hydroxylation sites is 1. The van der Waals surface area contributed by atoms with Crippen molar-refractivity contribution in [2.45, 2.75) is 13.0 Å². The predicted octanol–water partition coefficient (Wildman–Crippen LogP) is 1.63. The van der Waals surface area contributed by atoms with E-state index in [4.69, 9.17) is 4.74 Å². The maximum absolute atomic E-state index is 12.2. The first kappa shape index (κ1) is 17.2. The van der Waals surface area contributed by atoms with Crippen molar-refractivity contribution in [2.24, 2.45) is 0 Å². The van der Waals surface area contributed by atoms with Crippen molar-refractivity contribution in [1.29, 1.82) is 0 Å². The standard InChI is InChI=1S/C18H23N5O2/c1-14(25-16-6-4-3-5-7-16)17(24)21-15-12-19-18(20-13-15)23-10-8-22(2)9-11-23/h3-7,12-14H,8-11H2,1-2H3,(H,21,24). The lowest BCUT2D eigenvalue weighted by molar-refractivity contribution is -0.122. The summed E-state index contributed by atoms with van der Waals surface area (Å²) in [4.78, 5) is 25.4. The summed E-state index contributed by atoms with van der Waals surface area (Å²) in [7, 11) is 2.11. The highest BCUT2D eigenvalue weighted by atomic mass is 16.5. The third-order valence-electron chi connectivity index (χ3n) is 4.12. The molecule has 0 aliphatic carbocycles. The average molecular weight is 341 g/mol. The largest absolute Gasteiger partial charge is 0.481 e. The second kappa shape index (κ2) is 7.94. The number of carbonyl (C=O) groups is 1. The van der Waals surface area contributed by atoms with E-state index in [-0.39, 0.29) is 5.91 Å².